The second kappa shape index (κ2) is 7.84. The molecule has 8 heteroatoms. The minimum Gasteiger partial charge on any atom is -0.497 e. The molecule has 1 atom stereocenters. The first kappa shape index (κ1) is 19.6. The molecule has 0 aromatic heterocycles. The van der Waals surface area contributed by atoms with Crippen molar-refractivity contribution in [1.29, 1.82) is 0 Å². The summed E-state index contributed by atoms with van der Waals surface area (Å²) in [6, 6.07) is 9.16. The van der Waals surface area contributed by atoms with E-state index in [2.05, 4.69) is 5.32 Å². The van der Waals surface area contributed by atoms with Gasteiger partial charge in [0.05, 0.1) is 13.7 Å². The van der Waals surface area contributed by atoms with Crippen molar-refractivity contribution in [3.63, 3.8) is 0 Å². The molecule has 2 aromatic carbocycles. The molecule has 1 N–H and O–H groups in total. The number of carbonyl (C=O) groups excluding carboxylic acids is 2. The predicted molar refractivity (Wildman–Crippen MR) is 97.1 cm³/mol. The monoisotopic (exact) mass is 390 g/mol. The number of imide groups is 1. The van der Waals surface area contributed by atoms with E-state index in [4.69, 9.17) is 9.47 Å². The third-order valence-corrected chi connectivity index (χ3v) is 4.60. The van der Waals surface area contributed by atoms with Gasteiger partial charge in [0.25, 0.3) is 5.91 Å². The van der Waals surface area contributed by atoms with Crippen LogP contribution in [0.5, 0.6) is 11.5 Å². The van der Waals surface area contributed by atoms with E-state index in [1.54, 1.807) is 31.4 Å². The van der Waals surface area contributed by atoms with Crippen LogP contribution in [0.15, 0.2) is 42.5 Å². The Labute approximate surface area is 161 Å². The number of hydrogen-bond acceptors (Lipinski definition) is 4. The van der Waals surface area contributed by atoms with Crippen LogP contribution in [0, 0.1) is 11.6 Å². The molecule has 1 aliphatic heterocycles. The number of nitrogens with one attached hydrogen (secondary N) is 1. The van der Waals surface area contributed by atoms with Crippen molar-refractivity contribution < 1.29 is 27.8 Å². The summed E-state index contributed by atoms with van der Waals surface area (Å²) in [5.41, 5.74) is -1.86. The van der Waals surface area contributed by atoms with Gasteiger partial charge in [0, 0.05) is 12.1 Å². The number of ether oxygens (including phenoxy) is 2. The van der Waals surface area contributed by atoms with Gasteiger partial charge >= 0.3 is 6.03 Å². The zero-order chi connectivity index (χ0) is 20.3. The van der Waals surface area contributed by atoms with Crippen molar-refractivity contribution in [3.05, 3.63) is 59.7 Å². The SMILES string of the molecule is COc1ccc(OCCCN2C(=O)NC(C)(c3cc(F)ccc3F)C2=O)cc1. The molecule has 2 aromatic rings. The van der Waals surface area contributed by atoms with Gasteiger partial charge in [0.2, 0.25) is 0 Å². The van der Waals surface area contributed by atoms with Crippen molar-refractivity contribution in [2.45, 2.75) is 18.9 Å². The first-order valence-corrected chi connectivity index (χ1v) is 8.71. The number of carbonyl (C=O) groups is 2. The average Bonchev–Trinajstić information content (AvgIpc) is 2.91. The van der Waals surface area contributed by atoms with E-state index in [1.165, 1.54) is 6.92 Å². The van der Waals surface area contributed by atoms with E-state index in [1.807, 2.05) is 0 Å². The van der Waals surface area contributed by atoms with Crippen LogP contribution in [-0.2, 0) is 10.3 Å². The molecule has 28 heavy (non-hydrogen) atoms. The topological polar surface area (TPSA) is 67.9 Å². The van der Waals surface area contributed by atoms with Crippen molar-refractivity contribution in [2.75, 3.05) is 20.3 Å². The third kappa shape index (κ3) is 3.76. The first-order chi connectivity index (χ1) is 13.3. The molecule has 0 radical (unpaired) electrons. The number of halogens is 2. The summed E-state index contributed by atoms with van der Waals surface area (Å²) in [6.07, 6.45) is 0.382. The van der Waals surface area contributed by atoms with Gasteiger partial charge < -0.3 is 14.8 Å². The molecule has 6 nitrogen and oxygen atoms in total. The summed E-state index contributed by atoms with van der Waals surface area (Å²) in [5, 5.41) is 2.46. The van der Waals surface area contributed by atoms with Crippen LogP contribution in [0.3, 0.4) is 0 Å². The minimum absolute atomic E-state index is 0.0906. The molecular formula is C20H20F2N2O4. The van der Waals surface area contributed by atoms with Crippen molar-refractivity contribution in [1.82, 2.24) is 10.2 Å². The van der Waals surface area contributed by atoms with E-state index >= 15 is 0 Å². The van der Waals surface area contributed by atoms with E-state index in [9.17, 15) is 18.4 Å². The van der Waals surface area contributed by atoms with Gasteiger partial charge in [-0.2, -0.15) is 0 Å². The minimum atomic E-state index is -1.65. The number of benzene rings is 2. The lowest BCUT2D eigenvalue weighted by Crippen LogP contribution is -2.42. The maximum atomic E-state index is 14.1. The Morgan fingerprint density at radius 2 is 1.75 bits per heavy atom. The highest BCUT2D eigenvalue weighted by Gasteiger charge is 2.50. The van der Waals surface area contributed by atoms with Gasteiger partial charge in [-0.1, -0.05) is 0 Å². The molecule has 3 amide bonds. The molecule has 1 aliphatic rings. The number of nitrogens with zero attached hydrogens (tertiary/aromatic N) is 1. The molecule has 1 fully saturated rings. The van der Waals surface area contributed by atoms with Crippen LogP contribution in [-0.4, -0.2) is 37.1 Å². The molecule has 0 spiro atoms. The maximum absolute atomic E-state index is 14.1. The normalized spacial score (nSPS) is 18.9. The summed E-state index contributed by atoms with van der Waals surface area (Å²) in [4.78, 5) is 26.0. The fourth-order valence-electron chi connectivity index (χ4n) is 3.05. The second-order valence-corrected chi connectivity index (χ2v) is 6.51. The highest BCUT2D eigenvalue weighted by atomic mass is 19.1. The van der Waals surface area contributed by atoms with Gasteiger partial charge in [-0.25, -0.2) is 13.6 Å². The molecule has 0 bridgehead atoms. The zero-order valence-corrected chi connectivity index (χ0v) is 15.5. The highest BCUT2D eigenvalue weighted by molar-refractivity contribution is 6.07. The van der Waals surface area contributed by atoms with Gasteiger partial charge in [-0.15, -0.1) is 0 Å². The van der Waals surface area contributed by atoms with Crippen LogP contribution in [0.25, 0.3) is 0 Å². The largest absolute Gasteiger partial charge is 0.497 e. The Morgan fingerprint density at radius 1 is 1.07 bits per heavy atom. The number of hydrogen-bond donors (Lipinski definition) is 1. The molecule has 1 unspecified atom stereocenters. The molecule has 1 heterocycles. The predicted octanol–water partition coefficient (Wildman–Crippen LogP) is 3.21. The number of amides is 3. The van der Waals surface area contributed by atoms with Crippen LogP contribution < -0.4 is 14.8 Å². The standard InChI is InChI=1S/C20H20F2N2O4/c1-20(16-12-13(21)4-9-17(16)22)18(25)24(19(26)23-20)10-3-11-28-15-7-5-14(27-2)6-8-15/h4-9,12H,3,10-11H2,1-2H3,(H,23,26). The lowest BCUT2D eigenvalue weighted by atomic mass is 9.91. The zero-order valence-electron chi connectivity index (χ0n) is 15.5. The molecule has 0 aliphatic carbocycles. The quantitative estimate of drug-likeness (QED) is 0.582. The Balaban J connectivity index is 1.61. The maximum Gasteiger partial charge on any atom is 0.325 e. The van der Waals surface area contributed by atoms with Gasteiger partial charge in [-0.3, -0.25) is 9.69 Å². The Kier molecular flexibility index (Phi) is 5.48. The van der Waals surface area contributed by atoms with E-state index < -0.39 is 29.1 Å². The smallest absolute Gasteiger partial charge is 0.325 e. The Morgan fingerprint density at radius 3 is 2.43 bits per heavy atom. The number of methoxy groups -OCH3 is 1. The van der Waals surface area contributed by atoms with Crippen molar-refractivity contribution >= 4 is 11.9 Å². The lowest BCUT2D eigenvalue weighted by Gasteiger charge is -2.22. The summed E-state index contributed by atoms with van der Waals surface area (Å²) < 4.78 is 38.3. The fraction of sp³-hybridized carbons (Fsp3) is 0.300. The Hall–Kier alpha value is -3.16. The van der Waals surface area contributed by atoms with Crippen LogP contribution in [0.4, 0.5) is 13.6 Å². The molecular weight excluding hydrogens is 370 g/mol. The van der Waals surface area contributed by atoms with Crippen molar-refractivity contribution in [2.24, 2.45) is 0 Å². The molecule has 3 rings (SSSR count). The van der Waals surface area contributed by atoms with Gasteiger partial charge in [-0.05, 0) is 55.8 Å². The number of urea groups is 1. The third-order valence-electron chi connectivity index (χ3n) is 4.60. The van der Waals surface area contributed by atoms with Crippen molar-refractivity contribution in [3.8, 4) is 11.5 Å². The van der Waals surface area contributed by atoms with Crippen LogP contribution >= 0.6 is 0 Å². The van der Waals surface area contributed by atoms with Gasteiger partial charge in [0.1, 0.15) is 28.7 Å². The second-order valence-electron chi connectivity index (χ2n) is 6.51. The van der Waals surface area contributed by atoms with Crippen LogP contribution in [0.2, 0.25) is 0 Å². The molecule has 1 saturated heterocycles. The average molecular weight is 390 g/mol. The highest BCUT2D eigenvalue weighted by Crippen LogP contribution is 2.31. The fourth-order valence-corrected chi connectivity index (χ4v) is 3.05. The summed E-state index contributed by atoms with van der Waals surface area (Å²) >= 11 is 0. The summed E-state index contributed by atoms with van der Waals surface area (Å²) in [6.45, 7) is 1.72. The summed E-state index contributed by atoms with van der Waals surface area (Å²) in [7, 11) is 1.57. The Bertz CT molecular complexity index is 888. The van der Waals surface area contributed by atoms with E-state index in [0.29, 0.717) is 17.9 Å². The van der Waals surface area contributed by atoms with E-state index in [0.717, 1.165) is 23.1 Å². The number of rotatable bonds is 7. The molecule has 0 saturated carbocycles. The summed E-state index contributed by atoms with van der Waals surface area (Å²) in [5.74, 6) is -0.750. The first-order valence-electron chi connectivity index (χ1n) is 8.71. The van der Waals surface area contributed by atoms with E-state index in [-0.39, 0.29) is 18.7 Å². The van der Waals surface area contributed by atoms with Crippen LogP contribution in [0.1, 0.15) is 18.9 Å². The lowest BCUT2D eigenvalue weighted by molar-refractivity contribution is -0.131. The van der Waals surface area contributed by atoms with Gasteiger partial charge in [0.15, 0.2) is 0 Å². The molecule has 148 valence electrons.